The normalized spacial score (nSPS) is 16.3. The van der Waals surface area contributed by atoms with Gasteiger partial charge in [-0.1, -0.05) is 17.2 Å². The topological polar surface area (TPSA) is 0 Å². The van der Waals surface area contributed by atoms with Crippen molar-refractivity contribution in [3.05, 3.63) is 65.3 Å². The number of fused-ring (bicyclic) bond motifs is 3. The average molecular weight is 373 g/mol. The first-order chi connectivity index (χ1) is 6.95. The summed E-state index contributed by atoms with van der Waals surface area (Å²) in [5.74, 6) is 0. The van der Waals surface area contributed by atoms with Crippen molar-refractivity contribution in [1.29, 1.82) is 0 Å². The van der Waals surface area contributed by atoms with Crippen LogP contribution in [0, 0.1) is 12.1 Å². The summed E-state index contributed by atoms with van der Waals surface area (Å²) in [6, 6.07) is 9.55. The van der Waals surface area contributed by atoms with E-state index in [1.165, 1.54) is 22.3 Å². The molecule has 0 unspecified atom stereocenters. The van der Waals surface area contributed by atoms with Crippen molar-refractivity contribution < 1.29 is 21.1 Å². The monoisotopic (exact) mass is 373 g/mol. The van der Waals surface area contributed by atoms with Crippen molar-refractivity contribution in [2.24, 2.45) is 0 Å². The smallest absolute Gasteiger partial charge is 0.0775 e. The fourth-order valence-electron chi connectivity index (χ4n) is 2.09. The number of allylic oxidation sites excluding steroid dienone is 6. The molecule has 0 fully saturated rings. The Morgan fingerprint density at radius 2 is 2.20 bits per heavy atom. The van der Waals surface area contributed by atoms with Gasteiger partial charge in [-0.2, -0.15) is 0 Å². The van der Waals surface area contributed by atoms with E-state index in [2.05, 4.69) is 36.4 Å². The molecule has 0 N–H and O–H groups in total. The Morgan fingerprint density at radius 3 is 3.13 bits per heavy atom. The number of aryl methyl sites for hydroxylation is 1. The molecule has 0 aliphatic heterocycles. The van der Waals surface area contributed by atoms with Crippen LogP contribution in [0.5, 0.6) is 0 Å². The molecule has 0 radical (unpaired) electrons. The summed E-state index contributed by atoms with van der Waals surface area (Å²) >= 11 is 0. The standard InChI is InChI=1S/C14H10.Pt/c1-3-7-13-11(5-1)9-10-12-6-2-4-8-14(12)13;/h1-6H,9-10H2;. The second kappa shape index (κ2) is 4.27. The Labute approximate surface area is 105 Å². The van der Waals surface area contributed by atoms with Gasteiger partial charge in [0.1, 0.15) is 0 Å². The summed E-state index contributed by atoms with van der Waals surface area (Å²) in [7, 11) is 0. The second-order valence-corrected chi connectivity index (χ2v) is 3.64. The van der Waals surface area contributed by atoms with Crippen LogP contribution in [0.1, 0.15) is 17.5 Å². The van der Waals surface area contributed by atoms with Crippen LogP contribution in [0.25, 0.3) is 5.57 Å². The van der Waals surface area contributed by atoms with Crippen LogP contribution in [0.4, 0.5) is 0 Å². The van der Waals surface area contributed by atoms with Crippen molar-refractivity contribution in [1.82, 2.24) is 0 Å². The maximum Gasteiger partial charge on any atom is 0.0775 e. The molecule has 3 rings (SSSR count). The first kappa shape index (κ1) is 10.6. The van der Waals surface area contributed by atoms with Gasteiger partial charge in [0, 0.05) is 38.8 Å². The van der Waals surface area contributed by atoms with Crippen molar-refractivity contribution in [2.75, 3.05) is 0 Å². The third-order valence-electron chi connectivity index (χ3n) is 2.80. The van der Waals surface area contributed by atoms with Crippen LogP contribution in [0.2, 0.25) is 0 Å². The predicted molar refractivity (Wildman–Crippen MR) is 57.5 cm³/mol. The molecule has 0 atom stereocenters. The van der Waals surface area contributed by atoms with Crippen LogP contribution >= 0.6 is 0 Å². The molecule has 76 valence electrons. The molecule has 0 spiro atoms. The number of benzene rings is 1. The molecule has 0 saturated heterocycles. The Morgan fingerprint density at radius 1 is 1.27 bits per heavy atom. The van der Waals surface area contributed by atoms with Crippen LogP contribution in [-0.2, 0) is 27.5 Å². The van der Waals surface area contributed by atoms with Gasteiger partial charge in [0.05, 0.1) is 11.6 Å². The van der Waals surface area contributed by atoms with E-state index in [0.29, 0.717) is 0 Å². The minimum absolute atomic E-state index is 0. The molecule has 1 aromatic rings. The van der Waals surface area contributed by atoms with E-state index in [4.69, 9.17) is 0 Å². The number of hydrogen-bond acceptors (Lipinski definition) is 0. The minimum atomic E-state index is 0. The Balaban J connectivity index is 0.000000853. The molecule has 2 aliphatic carbocycles. The Kier molecular flexibility index (Phi) is 3.00. The second-order valence-electron chi connectivity index (χ2n) is 3.64. The van der Waals surface area contributed by atoms with E-state index in [0.717, 1.165) is 12.8 Å². The van der Waals surface area contributed by atoms with Crippen molar-refractivity contribution in [3.63, 3.8) is 0 Å². The zero-order chi connectivity index (χ0) is 9.38. The van der Waals surface area contributed by atoms with Crippen LogP contribution in [0.3, 0.4) is 0 Å². The molecule has 0 amide bonds. The maximum absolute atomic E-state index is 3.31. The molecular weight excluding hydrogens is 363 g/mol. The van der Waals surface area contributed by atoms with Crippen LogP contribution in [0.15, 0.2) is 42.0 Å². The average Bonchev–Trinajstić information content (AvgIpc) is 2.29. The van der Waals surface area contributed by atoms with Gasteiger partial charge in [0.25, 0.3) is 0 Å². The van der Waals surface area contributed by atoms with E-state index in [9.17, 15) is 0 Å². The first-order valence-electron chi connectivity index (χ1n) is 4.95. The maximum atomic E-state index is 3.31. The molecule has 0 aromatic heterocycles. The summed E-state index contributed by atoms with van der Waals surface area (Å²) in [4.78, 5) is 0. The van der Waals surface area contributed by atoms with Gasteiger partial charge >= 0.3 is 0 Å². The van der Waals surface area contributed by atoms with Crippen molar-refractivity contribution >= 4 is 5.57 Å². The Bertz CT molecular complexity index is 464. The molecule has 2 aliphatic rings. The predicted octanol–water partition coefficient (Wildman–Crippen LogP) is 3.11. The Hall–Kier alpha value is -0.962. The molecule has 0 heterocycles. The van der Waals surface area contributed by atoms with Gasteiger partial charge in [0.15, 0.2) is 0 Å². The summed E-state index contributed by atoms with van der Waals surface area (Å²) in [6.07, 6.45) is 11.8. The van der Waals surface area contributed by atoms with Crippen molar-refractivity contribution in [2.45, 2.75) is 12.8 Å². The van der Waals surface area contributed by atoms with Crippen LogP contribution in [-0.4, -0.2) is 0 Å². The van der Waals surface area contributed by atoms with Gasteiger partial charge in [-0.05, 0) is 18.9 Å². The zero-order valence-electron chi connectivity index (χ0n) is 8.19. The SMILES string of the molecule is [C+]1=C2C(=CC=C1)CCc1ccc[c-]c12.[Pt]. The van der Waals surface area contributed by atoms with Gasteiger partial charge in [0.2, 0.25) is 0 Å². The summed E-state index contributed by atoms with van der Waals surface area (Å²) in [5, 5.41) is 0. The van der Waals surface area contributed by atoms with Crippen molar-refractivity contribution in [3.8, 4) is 0 Å². The molecular formula is C14H10Pt. The largest absolute Gasteiger partial charge is 0.141 e. The van der Waals surface area contributed by atoms with Gasteiger partial charge < -0.3 is 0 Å². The molecule has 0 nitrogen and oxygen atoms in total. The van der Waals surface area contributed by atoms with Crippen LogP contribution < -0.4 is 0 Å². The summed E-state index contributed by atoms with van der Waals surface area (Å²) in [6.45, 7) is 0. The fourth-order valence-corrected chi connectivity index (χ4v) is 2.09. The third kappa shape index (κ3) is 1.76. The minimum Gasteiger partial charge on any atom is -0.141 e. The molecule has 1 heteroatoms. The number of rotatable bonds is 0. The van der Waals surface area contributed by atoms with Gasteiger partial charge in [-0.25, -0.2) is 0 Å². The molecule has 0 saturated carbocycles. The van der Waals surface area contributed by atoms with E-state index >= 15 is 0 Å². The summed E-state index contributed by atoms with van der Waals surface area (Å²) in [5.41, 5.74) is 5.30. The van der Waals surface area contributed by atoms with E-state index in [1.54, 1.807) is 0 Å². The van der Waals surface area contributed by atoms with Gasteiger partial charge in [-0.3, -0.25) is 0 Å². The third-order valence-corrected chi connectivity index (χ3v) is 2.80. The number of hydrogen-bond donors (Lipinski definition) is 0. The molecule has 1 aromatic carbocycles. The molecule has 0 bridgehead atoms. The summed E-state index contributed by atoms with van der Waals surface area (Å²) < 4.78 is 0. The zero-order valence-corrected chi connectivity index (χ0v) is 10.5. The fraction of sp³-hybridized carbons (Fsp3) is 0.143. The first-order valence-corrected chi connectivity index (χ1v) is 4.95. The molecule has 15 heavy (non-hydrogen) atoms. The quantitative estimate of drug-likeness (QED) is 0.613. The van der Waals surface area contributed by atoms with E-state index in [1.807, 2.05) is 12.1 Å². The van der Waals surface area contributed by atoms with E-state index < -0.39 is 0 Å². The van der Waals surface area contributed by atoms with E-state index in [-0.39, 0.29) is 21.1 Å². The van der Waals surface area contributed by atoms with Gasteiger partial charge in [-0.15, -0.1) is 18.2 Å².